The lowest BCUT2D eigenvalue weighted by Crippen LogP contribution is -2.60. The molecule has 0 radical (unpaired) electrons. The van der Waals surface area contributed by atoms with E-state index in [1.165, 1.54) is 12.1 Å². The standard InChI is InChI=1S/C20H23NO12/c22-3-9-13(25)15(27)16(28)20(32-9)33-18-10-5(2-8-17(18)31-4-30-8)6-1-7(23)12(24)14(26)11(6)21-19(10)29/h1-2,7,9,11-16,20,22-28H,3-4H2,(H,21,29)/t7-,9-,11+,12+,13-,14-,15+,16-,20-/m0/s1. The van der Waals surface area contributed by atoms with E-state index >= 15 is 0 Å². The van der Waals surface area contributed by atoms with Crippen molar-refractivity contribution in [2.45, 2.75) is 55.1 Å². The minimum atomic E-state index is -1.75. The van der Waals surface area contributed by atoms with Gasteiger partial charge in [-0.15, -0.1) is 0 Å². The Hall–Kier alpha value is -2.49. The molecule has 1 aliphatic carbocycles. The van der Waals surface area contributed by atoms with Gasteiger partial charge in [0.15, 0.2) is 11.5 Å². The van der Waals surface area contributed by atoms with Crippen molar-refractivity contribution in [2.75, 3.05) is 13.4 Å². The minimum absolute atomic E-state index is 0.0110. The van der Waals surface area contributed by atoms with Crippen molar-refractivity contribution in [1.29, 1.82) is 0 Å². The van der Waals surface area contributed by atoms with Crippen molar-refractivity contribution in [3.63, 3.8) is 0 Å². The van der Waals surface area contributed by atoms with Crippen LogP contribution in [0.15, 0.2) is 12.1 Å². The van der Waals surface area contributed by atoms with E-state index in [-0.39, 0.29) is 35.2 Å². The van der Waals surface area contributed by atoms with Gasteiger partial charge < -0.3 is 60.0 Å². The second kappa shape index (κ2) is 8.07. The molecule has 0 aromatic heterocycles. The molecule has 8 N–H and O–H groups in total. The zero-order valence-corrected chi connectivity index (χ0v) is 16.9. The highest BCUT2D eigenvalue weighted by Gasteiger charge is 2.48. The van der Waals surface area contributed by atoms with Crippen molar-refractivity contribution in [3.05, 3.63) is 23.3 Å². The molecule has 3 aliphatic heterocycles. The lowest BCUT2D eigenvalue weighted by molar-refractivity contribution is -0.277. The van der Waals surface area contributed by atoms with Crippen LogP contribution in [0.3, 0.4) is 0 Å². The molecule has 180 valence electrons. The van der Waals surface area contributed by atoms with Crippen molar-refractivity contribution in [3.8, 4) is 17.2 Å². The van der Waals surface area contributed by atoms with Crippen LogP contribution < -0.4 is 19.5 Å². The molecule has 5 rings (SSSR count). The van der Waals surface area contributed by atoms with Gasteiger partial charge in [0, 0.05) is 5.56 Å². The number of carbonyl (C=O) groups excluding carboxylic acids is 1. The highest BCUT2D eigenvalue weighted by Crippen LogP contribution is 2.50. The van der Waals surface area contributed by atoms with E-state index in [1.807, 2.05) is 0 Å². The molecule has 1 amide bonds. The van der Waals surface area contributed by atoms with Crippen molar-refractivity contribution in [2.24, 2.45) is 0 Å². The van der Waals surface area contributed by atoms with Gasteiger partial charge in [-0.05, 0) is 17.7 Å². The first-order valence-electron chi connectivity index (χ1n) is 10.2. The fourth-order valence-electron chi connectivity index (χ4n) is 4.46. The predicted octanol–water partition coefficient (Wildman–Crippen LogP) is -3.81. The summed E-state index contributed by atoms with van der Waals surface area (Å²) in [6.45, 7) is -0.889. The summed E-state index contributed by atoms with van der Waals surface area (Å²) in [5, 5.41) is 72.9. The van der Waals surface area contributed by atoms with E-state index < -0.39 is 67.6 Å². The number of amides is 1. The number of ether oxygens (including phenoxy) is 4. The molecular formula is C20H23NO12. The lowest BCUT2D eigenvalue weighted by atomic mass is 9.79. The highest BCUT2D eigenvalue weighted by molar-refractivity contribution is 6.07. The Kier molecular flexibility index (Phi) is 5.46. The second-order valence-corrected chi connectivity index (χ2v) is 8.22. The van der Waals surface area contributed by atoms with Crippen LogP contribution in [0.25, 0.3) is 5.57 Å². The Labute approximate surface area is 186 Å². The van der Waals surface area contributed by atoms with Gasteiger partial charge in [0.05, 0.1) is 18.2 Å². The quantitative estimate of drug-likeness (QED) is 0.214. The average molecular weight is 469 g/mol. The molecule has 13 heteroatoms. The predicted molar refractivity (Wildman–Crippen MR) is 104 cm³/mol. The van der Waals surface area contributed by atoms with Crippen LogP contribution in [-0.2, 0) is 4.74 Å². The molecule has 1 fully saturated rings. The number of aliphatic hydroxyl groups is 7. The molecule has 1 aromatic rings. The Morgan fingerprint density at radius 3 is 2.48 bits per heavy atom. The van der Waals surface area contributed by atoms with Crippen LogP contribution in [0, 0.1) is 0 Å². The SMILES string of the molecule is O=C1N[C@@H]2C(=C[C@H](O)[C@@H](O)[C@H]2O)c2cc3c(c(O[C@@H]4O[C@@H](CO)[C@H](O)[C@@H](O)[C@@H]4O)c21)OCO3. The number of benzene rings is 1. The zero-order chi connectivity index (χ0) is 23.6. The largest absolute Gasteiger partial charge is 0.457 e. The number of rotatable bonds is 3. The van der Waals surface area contributed by atoms with E-state index in [9.17, 15) is 40.5 Å². The Balaban J connectivity index is 1.60. The second-order valence-electron chi connectivity index (χ2n) is 8.22. The number of fused-ring (bicyclic) bond motifs is 4. The topological polar surface area (TPSA) is 208 Å². The van der Waals surface area contributed by atoms with Crippen LogP contribution in [0.2, 0.25) is 0 Å². The molecular weight excluding hydrogens is 446 g/mol. The van der Waals surface area contributed by atoms with Crippen LogP contribution in [-0.4, -0.2) is 110 Å². The van der Waals surface area contributed by atoms with Crippen molar-refractivity contribution >= 4 is 11.5 Å². The Morgan fingerprint density at radius 2 is 1.76 bits per heavy atom. The molecule has 13 nitrogen and oxygen atoms in total. The Morgan fingerprint density at radius 1 is 1.00 bits per heavy atom. The molecule has 4 aliphatic rings. The van der Waals surface area contributed by atoms with Gasteiger partial charge in [0.2, 0.25) is 18.8 Å². The van der Waals surface area contributed by atoms with E-state index in [0.29, 0.717) is 5.57 Å². The Bertz CT molecular complexity index is 996. The molecule has 0 spiro atoms. The highest BCUT2D eigenvalue weighted by atomic mass is 16.7. The normalized spacial score (nSPS) is 39.3. The summed E-state index contributed by atoms with van der Waals surface area (Å²) in [6, 6.07) is 0.441. The van der Waals surface area contributed by atoms with Crippen LogP contribution in [0.5, 0.6) is 17.2 Å². The molecule has 1 saturated heterocycles. The van der Waals surface area contributed by atoms with E-state index in [4.69, 9.17) is 18.9 Å². The molecule has 9 atom stereocenters. The summed E-state index contributed by atoms with van der Waals surface area (Å²) >= 11 is 0. The number of aliphatic hydroxyl groups excluding tert-OH is 7. The van der Waals surface area contributed by atoms with Gasteiger partial charge >= 0.3 is 0 Å². The van der Waals surface area contributed by atoms with E-state index in [2.05, 4.69) is 5.32 Å². The van der Waals surface area contributed by atoms with Crippen LogP contribution in [0.1, 0.15) is 15.9 Å². The van der Waals surface area contributed by atoms with Crippen molar-refractivity contribution < 1.29 is 59.5 Å². The lowest BCUT2D eigenvalue weighted by Gasteiger charge is -2.41. The van der Waals surface area contributed by atoms with Gasteiger partial charge in [-0.1, -0.05) is 0 Å². The summed E-state index contributed by atoms with van der Waals surface area (Å²) in [5.74, 6) is -0.751. The van der Waals surface area contributed by atoms with Crippen molar-refractivity contribution in [1.82, 2.24) is 5.32 Å². The molecule has 1 aromatic carbocycles. The number of carbonyl (C=O) groups is 1. The number of hydrogen-bond donors (Lipinski definition) is 8. The maximum Gasteiger partial charge on any atom is 0.256 e. The van der Waals surface area contributed by atoms with Gasteiger partial charge in [-0.25, -0.2) is 0 Å². The third-order valence-corrected chi connectivity index (χ3v) is 6.25. The summed E-state index contributed by atoms with van der Waals surface area (Å²) in [6.07, 6.45) is -11.0. The monoisotopic (exact) mass is 469 g/mol. The summed E-state index contributed by atoms with van der Waals surface area (Å²) in [4.78, 5) is 13.1. The third kappa shape index (κ3) is 3.36. The first kappa shape index (κ1) is 22.3. The fraction of sp³-hybridized carbons (Fsp3) is 0.550. The van der Waals surface area contributed by atoms with E-state index in [0.717, 1.165) is 0 Å². The average Bonchev–Trinajstić information content (AvgIpc) is 3.27. The van der Waals surface area contributed by atoms with Gasteiger partial charge in [0.25, 0.3) is 5.91 Å². The molecule has 0 unspecified atom stereocenters. The first-order chi connectivity index (χ1) is 15.7. The van der Waals surface area contributed by atoms with Gasteiger partial charge in [0.1, 0.15) is 42.7 Å². The molecule has 33 heavy (non-hydrogen) atoms. The summed E-state index contributed by atoms with van der Waals surface area (Å²) in [7, 11) is 0. The summed E-state index contributed by atoms with van der Waals surface area (Å²) in [5.41, 5.74) is 0.430. The molecule has 3 heterocycles. The third-order valence-electron chi connectivity index (χ3n) is 6.25. The first-order valence-corrected chi connectivity index (χ1v) is 10.2. The number of hydrogen-bond acceptors (Lipinski definition) is 12. The smallest absolute Gasteiger partial charge is 0.256 e. The zero-order valence-electron chi connectivity index (χ0n) is 16.9. The van der Waals surface area contributed by atoms with Gasteiger partial charge in [-0.3, -0.25) is 4.79 Å². The maximum atomic E-state index is 13.1. The van der Waals surface area contributed by atoms with E-state index in [1.54, 1.807) is 0 Å². The molecule has 0 bridgehead atoms. The summed E-state index contributed by atoms with van der Waals surface area (Å²) < 4.78 is 22.0. The fourth-order valence-corrected chi connectivity index (χ4v) is 4.46. The molecule has 0 saturated carbocycles. The van der Waals surface area contributed by atoms with Crippen LogP contribution in [0.4, 0.5) is 0 Å². The minimum Gasteiger partial charge on any atom is -0.457 e. The van der Waals surface area contributed by atoms with Gasteiger partial charge in [-0.2, -0.15) is 0 Å². The number of nitrogens with one attached hydrogen (secondary N) is 1. The maximum absolute atomic E-state index is 13.1. The van der Waals surface area contributed by atoms with Crippen LogP contribution >= 0.6 is 0 Å².